The summed E-state index contributed by atoms with van der Waals surface area (Å²) in [5.41, 5.74) is 0. The van der Waals surface area contributed by atoms with Crippen LogP contribution in [0.25, 0.3) is 0 Å². The number of rotatable bonds is 0. The monoisotopic (exact) mass is 176 g/mol. The Bertz CT molecular complexity index is 31.2. The summed E-state index contributed by atoms with van der Waals surface area (Å²) in [6.45, 7) is 0. The Morgan fingerprint density at radius 2 is 0.600 bits per heavy atom. The van der Waals surface area contributed by atoms with Gasteiger partial charge in [-0.2, -0.15) is 0 Å². The van der Waals surface area contributed by atoms with Crippen molar-refractivity contribution >= 4 is 14.6 Å². The van der Waals surface area contributed by atoms with Crippen molar-refractivity contribution in [3.63, 3.8) is 0 Å². The Kier molecular flexibility index (Phi) is 37.2. The standard InChI is InChI=1S/2BO3.Li.V/c2*2-1(3)4;;/q2*-3;+1;. The van der Waals surface area contributed by atoms with E-state index in [2.05, 4.69) is 0 Å². The minimum atomic E-state index is -2.92. The van der Waals surface area contributed by atoms with Crippen molar-refractivity contribution in [1.82, 2.24) is 0 Å². The van der Waals surface area contributed by atoms with Crippen molar-refractivity contribution in [2.24, 2.45) is 0 Å². The molecule has 0 amide bonds. The Balaban J connectivity index is -0.0000000300. The first-order valence-corrected chi connectivity index (χ1v) is 1.41. The van der Waals surface area contributed by atoms with Gasteiger partial charge in [0.15, 0.2) is 0 Å². The van der Waals surface area contributed by atoms with Gasteiger partial charge in [0.25, 0.3) is 0 Å². The first-order valence-electron chi connectivity index (χ1n) is 1.41. The van der Waals surface area contributed by atoms with Crippen molar-refractivity contribution < 1.29 is 67.6 Å². The second-order valence-corrected chi connectivity index (χ2v) is 0.577. The smallest absolute Gasteiger partial charge is 0.907 e. The molecule has 0 heterocycles. The Morgan fingerprint density at radius 3 is 0.600 bits per heavy atom. The molecule has 0 aliphatic rings. The zero-order valence-electron chi connectivity index (χ0n) is 5.05. The molecule has 0 fully saturated rings. The van der Waals surface area contributed by atoms with E-state index in [4.69, 9.17) is 30.1 Å². The first-order chi connectivity index (χ1) is 3.46. The van der Waals surface area contributed by atoms with Crippen LogP contribution in [0, 0.1) is 0 Å². The molecular weight excluding hydrogens is 176 g/mol. The van der Waals surface area contributed by atoms with Crippen LogP contribution in [0.5, 0.6) is 0 Å². The van der Waals surface area contributed by atoms with Gasteiger partial charge in [-0.3, -0.25) is 14.6 Å². The number of hydrogen-bond donors (Lipinski definition) is 0. The van der Waals surface area contributed by atoms with Gasteiger partial charge in [0.2, 0.25) is 0 Å². The van der Waals surface area contributed by atoms with Gasteiger partial charge in [-0.1, -0.05) is 0 Å². The van der Waals surface area contributed by atoms with Crippen molar-refractivity contribution in [1.29, 1.82) is 0 Å². The molecule has 0 bridgehead atoms. The molecule has 10 heavy (non-hydrogen) atoms. The van der Waals surface area contributed by atoms with Gasteiger partial charge in [-0.15, -0.1) is 0 Å². The van der Waals surface area contributed by atoms with Crippen LogP contribution in [0.2, 0.25) is 0 Å². The molecule has 0 spiro atoms. The van der Waals surface area contributed by atoms with E-state index in [0.29, 0.717) is 0 Å². The predicted octanol–water partition coefficient (Wildman–Crippen LogP) is -10.9. The van der Waals surface area contributed by atoms with E-state index in [9.17, 15) is 0 Å². The third kappa shape index (κ3) is 515. The molecule has 10 heteroatoms. The Labute approximate surface area is 82.3 Å². The van der Waals surface area contributed by atoms with Gasteiger partial charge in [-0.05, 0) is 0 Å². The first kappa shape index (κ1) is 22.5. The molecule has 6 nitrogen and oxygen atoms in total. The van der Waals surface area contributed by atoms with E-state index >= 15 is 0 Å². The molecule has 0 atom stereocenters. The molecular formula is B2LiO6V-5. The van der Waals surface area contributed by atoms with Crippen LogP contribution >= 0.6 is 0 Å². The van der Waals surface area contributed by atoms with Crippen molar-refractivity contribution in [2.45, 2.75) is 0 Å². The Morgan fingerprint density at radius 1 is 0.600 bits per heavy atom. The zero-order valence-corrected chi connectivity index (χ0v) is 6.45. The fraction of sp³-hybridized carbons (Fsp3) is 0. The molecule has 1 radical (unpaired) electrons. The molecule has 0 aliphatic heterocycles. The van der Waals surface area contributed by atoms with Gasteiger partial charge < -0.3 is 30.1 Å². The number of hydrogen-bond acceptors (Lipinski definition) is 6. The van der Waals surface area contributed by atoms with E-state index in [0.717, 1.165) is 0 Å². The van der Waals surface area contributed by atoms with Crippen LogP contribution in [0.3, 0.4) is 0 Å². The molecule has 0 unspecified atom stereocenters. The maximum atomic E-state index is 8.42. The Hall–Kier alpha value is 1.07. The molecule has 0 rings (SSSR count). The van der Waals surface area contributed by atoms with Crippen molar-refractivity contribution in [3.8, 4) is 0 Å². The summed E-state index contributed by atoms with van der Waals surface area (Å²) in [6.07, 6.45) is 0. The van der Waals surface area contributed by atoms with Crippen LogP contribution in [0.4, 0.5) is 0 Å². The summed E-state index contributed by atoms with van der Waals surface area (Å²) in [6, 6.07) is 0. The van der Waals surface area contributed by atoms with Gasteiger partial charge in [0, 0.05) is 18.6 Å². The SMILES string of the molecule is [Li+].[O-]B([O-])[O-].[O-]B([O-])[O-].[V]. The average Bonchev–Trinajstić information content (AvgIpc) is 1.25. The van der Waals surface area contributed by atoms with E-state index in [1.165, 1.54) is 0 Å². The molecule has 0 saturated heterocycles. The van der Waals surface area contributed by atoms with E-state index < -0.39 is 14.6 Å². The van der Waals surface area contributed by atoms with Crippen molar-refractivity contribution in [3.05, 3.63) is 0 Å². The molecule has 0 saturated carbocycles. The third-order valence-electron chi connectivity index (χ3n) is 0. The van der Waals surface area contributed by atoms with Crippen LogP contribution < -0.4 is 49.0 Å². The van der Waals surface area contributed by atoms with E-state index in [-0.39, 0.29) is 37.4 Å². The largest absolute Gasteiger partial charge is 1.00 e. The van der Waals surface area contributed by atoms with Crippen molar-refractivity contribution in [2.75, 3.05) is 0 Å². The zero-order chi connectivity index (χ0) is 7.15. The predicted molar refractivity (Wildman–Crippen MR) is 11.5 cm³/mol. The molecule has 0 aromatic carbocycles. The van der Waals surface area contributed by atoms with Gasteiger partial charge >= 0.3 is 18.9 Å². The molecule has 0 N–H and O–H groups in total. The minimum Gasteiger partial charge on any atom is -0.907 e. The maximum Gasteiger partial charge on any atom is 1.00 e. The second-order valence-electron chi connectivity index (χ2n) is 0.577. The summed E-state index contributed by atoms with van der Waals surface area (Å²) in [4.78, 5) is 0. The van der Waals surface area contributed by atoms with E-state index in [1.807, 2.05) is 0 Å². The molecule has 0 aromatic heterocycles. The summed E-state index contributed by atoms with van der Waals surface area (Å²) in [7, 11) is -5.83. The molecule has 0 aromatic rings. The van der Waals surface area contributed by atoms with Crippen LogP contribution in [-0.4, -0.2) is 14.6 Å². The van der Waals surface area contributed by atoms with E-state index in [1.54, 1.807) is 0 Å². The normalized spacial score (nSPS) is 5.40. The van der Waals surface area contributed by atoms with Gasteiger partial charge in [0.1, 0.15) is 0 Å². The fourth-order valence-corrected chi connectivity index (χ4v) is 0. The van der Waals surface area contributed by atoms with Crippen LogP contribution in [-0.2, 0) is 18.6 Å². The summed E-state index contributed by atoms with van der Waals surface area (Å²) in [5.74, 6) is 0. The summed E-state index contributed by atoms with van der Waals surface area (Å²) >= 11 is 0. The second kappa shape index (κ2) is 16.6. The third-order valence-corrected chi connectivity index (χ3v) is 0. The summed E-state index contributed by atoms with van der Waals surface area (Å²) in [5, 5.41) is 50.5. The van der Waals surface area contributed by atoms with Crippen LogP contribution in [0.1, 0.15) is 0 Å². The van der Waals surface area contributed by atoms with Gasteiger partial charge in [-0.25, -0.2) is 0 Å². The fourth-order valence-electron chi connectivity index (χ4n) is 0. The van der Waals surface area contributed by atoms with Crippen LogP contribution in [0.15, 0.2) is 0 Å². The maximum absolute atomic E-state index is 8.42. The molecule has 0 aliphatic carbocycles. The summed E-state index contributed by atoms with van der Waals surface area (Å²) < 4.78 is 0. The van der Waals surface area contributed by atoms with Gasteiger partial charge in [0.05, 0.1) is 0 Å². The molecule has 53 valence electrons. The topological polar surface area (TPSA) is 138 Å². The minimum absolute atomic E-state index is 0. The average molecular weight is 176 g/mol. The quantitative estimate of drug-likeness (QED) is 0.335.